The highest BCUT2D eigenvalue weighted by Crippen LogP contribution is 1.95. The van der Waals surface area contributed by atoms with Crippen LogP contribution in [0.4, 0.5) is 0 Å². The molecule has 0 unspecified atom stereocenters. The van der Waals surface area contributed by atoms with Gasteiger partial charge in [-0.3, -0.25) is 0 Å². The van der Waals surface area contributed by atoms with Gasteiger partial charge in [-0.1, -0.05) is 43.8 Å². The fourth-order valence-electron chi connectivity index (χ4n) is 0.858. The summed E-state index contributed by atoms with van der Waals surface area (Å²) in [5, 5.41) is 0. The third-order valence-corrected chi connectivity index (χ3v) is 2.58. The predicted molar refractivity (Wildman–Crippen MR) is 78.4 cm³/mol. The van der Waals surface area contributed by atoms with E-state index in [1.807, 2.05) is 12.2 Å². The monoisotopic (exact) mass is 260 g/mol. The number of esters is 1. The molecule has 0 heterocycles. The number of allylic oxidation sites excluding steroid dienone is 3. The minimum absolute atomic E-state index is 0.346. The highest BCUT2D eigenvalue weighted by atomic mass is 28.3. The molecule has 96 valence electrons. The second-order valence-electron chi connectivity index (χ2n) is 4.65. The van der Waals surface area contributed by atoms with Crippen LogP contribution in [0, 0.1) is 23.3 Å². The lowest BCUT2D eigenvalue weighted by atomic mass is 10.3. The third-order valence-electron chi connectivity index (χ3n) is 1.71. The number of unbranched alkanes of at least 4 members (excludes halogenated alkanes) is 1. The van der Waals surface area contributed by atoms with E-state index in [0.717, 1.165) is 12.8 Å². The molecule has 0 spiro atoms. The maximum absolute atomic E-state index is 10.7. The van der Waals surface area contributed by atoms with Gasteiger partial charge in [-0.2, -0.15) is 0 Å². The summed E-state index contributed by atoms with van der Waals surface area (Å²) >= 11 is 0. The van der Waals surface area contributed by atoms with Gasteiger partial charge in [0.15, 0.2) is 0 Å². The Bertz CT molecular complexity index is 431. The van der Waals surface area contributed by atoms with Gasteiger partial charge in [0.1, 0.15) is 8.07 Å². The summed E-state index contributed by atoms with van der Waals surface area (Å²) in [6, 6.07) is 0. The van der Waals surface area contributed by atoms with Gasteiger partial charge in [0.25, 0.3) is 0 Å². The largest absolute Gasteiger partial charge is 0.466 e. The third kappa shape index (κ3) is 12.4. The van der Waals surface area contributed by atoms with Gasteiger partial charge >= 0.3 is 5.97 Å². The van der Waals surface area contributed by atoms with Crippen LogP contribution in [0.2, 0.25) is 19.6 Å². The molecule has 18 heavy (non-hydrogen) atoms. The predicted octanol–water partition coefficient (Wildman–Crippen LogP) is 2.94. The Hall–Kier alpha value is -1.71. The SMILES string of the molecule is COC(=O)C=CC=CCCC#CC#C[Si](C)(C)C. The van der Waals surface area contributed by atoms with Crippen molar-refractivity contribution >= 4 is 14.0 Å². The van der Waals surface area contributed by atoms with E-state index in [1.165, 1.54) is 13.2 Å². The molecule has 0 atom stereocenters. The molecular weight excluding hydrogens is 240 g/mol. The van der Waals surface area contributed by atoms with Crippen LogP contribution in [0.3, 0.4) is 0 Å². The average molecular weight is 260 g/mol. The Morgan fingerprint density at radius 1 is 1.22 bits per heavy atom. The fourth-order valence-corrected chi connectivity index (χ4v) is 1.30. The Morgan fingerprint density at radius 2 is 1.94 bits per heavy atom. The molecular formula is C15H20O2Si. The first-order valence-corrected chi connectivity index (χ1v) is 9.37. The van der Waals surface area contributed by atoms with E-state index >= 15 is 0 Å². The number of carbonyl (C=O) groups is 1. The maximum Gasteiger partial charge on any atom is 0.330 e. The second-order valence-corrected chi connectivity index (χ2v) is 9.40. The molecule has 0 aromatic carbocycles. The zero-order chi connectivity index (χ0) is 13.9. The van der Waals surface area contributed by atoms with Crippen LogP contribution in [-0.4, -0.2) is 21.2 Å². The molecule has 2 nitrogen and oxygen atoms in total. The smallest absolute Gasteiger partial charge is 0.330 e. The van der Waals surface area contributed by atoms with E-state index in [1.54, 1.807) is 6.08 Å². The van der Waals surface area contributed by atoms with Crippen molar-refractivity contribution in [2.24, 2.45) is 0 Å². The van der Waals surface area contributed by atoms with Crippen molar-refractivity contribution in [3.05, 3.63) is 24.3 Å². The first kappa shape index (κ1) is 16.3. The molecule has 0 N–H and O–H groups in total. The second kappa shape index (κ2) is 9.33. The Balaban J connectivity index is 3.84. The molecule has 0 aliphatic rings. The summed E-state index contributed by atoms with van der Waals surface area (Å²) in [6.07, 6.45) is 8.44. The molecule has 0 bridgehead atoms. The van der Waals surface area contributed by atoms with Gasteiger partial charge in [-0.15, -0.1) is 5.54 Å². The average Bonchev–Trinajstić information content (AvgIpc) is 2.29. The van der Waals surface area contributed by atoms with E-state index < -0.39 is 8.07 Å². The maximum atomic E-state index is 10.7. The quantitative estimate of drug-likeness (QED) is 0.194. The minimum Gasteiger partial charge on any atom is -0.466 e. The van der Waals surface area contributed by atoms with Crippen LogP contribution in [0.5, 0.6) is 0 Å². The zero-order valence-corrected chi connectivity index (χ0v) is 12.5. The molecule has 0 aromatic rings. The Morgan fingerprint density at radius 3 is 2.56 bits per heavy atom. The topological polar surface area (TPSA) is 26.3 Å². The lowest BCUT2D eigenvalue weighted by Gasteiger charge is -2.01. The summed E-state index contributed by atoms with van der Waals surface area (Å²) in [4.78, 5) is 10.7. The lowest BCUT2D eigenvalue weighted by molar-refractivity contribution is -0.134. The summed E-state index contributed by atoms with van der Waals surface area (Å²) in [7, 11) is 0.0663. The highest BCUT2D eigenvalue weighted by Gasteiger charge is 2.06. The molecule has 0 saturated heterocycles. The van der Waals surface area contributed by atoms with Crippen molar-refractivity contribution in [1.82, 2.24) is 0 Å². The van der Waals surface area contributed by atoms with Crippen LogP contribution in [-0.2, 0) is 9.53 Å². The highest BCUT2D eigenvalue weighted by molar-refractivity contribution is 6.83. The van der Waals surface area contributed by atoms with Gasteiger partial charge in [0.2, 0.25) is 0 Å². The summed E-state index contributed by atoms with van der Waals surface area (Å²) in [6.45, 7) is 6.58. The molecule has 0 radical (unpaired) electrons. The van der Waals surface area contributed by atoms with Gasteiger partial charge in [-0.05, 0) is 18.3 Å². The summed E-state index contributed by atoms with van der Waals surface area (Å²) < 4.78 is 4.46. The fraction of sp³-hybridized carbons (Fsp3) is 0.400. The zero-order valence-electron chi connectivity index (χ0n) is 11.5. The normalized spacial score (nSPS) is 10.7. The van der Waals surface area contributed by atoms with Crippen molar-refractivity contribution in [2.45, 2.75) is 32.5 Å². The number of methoxy groups -OCH3 is 1. The van der Waals surface area contributed by atoms with Gasteiger partial charge in [-0.25, -0.2) is 4.79 Å². The Kier molecular flexibility index (Phi) is 8.44. The molecule has 0 rings (SSSR count). The molecule has 0 saturated carbocycles. The summed E-state index contributed by atoms with van der Waals surface area (Å²) in [5.41, 5.74) is 3.19. The lowest BCUT2D eigenvalue weighted by Crippen LogP contribution is -2.16. The van der Waals surface area contributed by atoms with E-state index in [-0.39, 0.29) is 5.97 Å². The number of rotatable bonds is 4. The van der Waals surface area contributed by atoms with Crippen molar-refractivity contribution in [1.29, 1.82) is 0 Å². The minimum atomic E-state index is -1.29. The number of hydrogen-bond donors (Lipinski definition) is 0. The molecule has 0 aromatic heterocycles. The Labute approximate surface area is 111 Å². The van der Waals surface area contributed by atoms with Crippen LogP contribution < -0.4 is 0 Å². The van der Waals surface area contributed by atoms with Gasteiger partial charge < -0.3 is 4.74 Å². The van der Waals surface area contributed by atoms with Crippen molar-refractivity contribution < 1.29 is 9.53 Å². The van der Waals surface area contributed by atoms with Crippen molar-refractivity contribution in [3.8, 4) is 23.3 Å². The van der Waals surface area contributed by atoms with Gasteiger partial charge in [0, 0.05) is 12.5 Å². The van der Waals surface area contributed by atoms with E-state index in [0.29, 0.717) is 0 Å². The molecule has 0 fully saturated rings. The van der Waals surface area contributed by atoms with Crippen molar-refractivity contribution in [2.75, 3.05) is 7.11 Å². The van der Waals surface area contributed by atoms with Gasteiger partial charge in [0.05, 0.1) is 7.11 Å². The molecule has 0 amide bonds. The number of hydrogen-bond acceptors (Lipinski definition) is 2. The molecule has 0 aliphatic carbocycles. The molecule has 3 heteroatoms. The summed E-state index contributed by atoms with van der Waals surface area (Å²) in [5.74, 6) is 8.41. The van der Waals surface area contributed by atoms with Crippen LogP contribution in [0.15, 0.2) is 24.3 Å². The van der Waals surface area contributed by atoms with Crippen LogP contribution in [0.1, 0.15) is 12.8 Å². The van der Waals surface area contributed by atoms with E-state index in [4.69, 9.17) is 0 Å². The van der Waals surface area contributed by atoms with Crippen LogP contribution in [0.25, 0.3) is 0 Å². The number of carbonyl (C=O) groups excluding carboxylic acids is 1. The van der Waals surface area contributed by atoms with Crippen molar-refractivity contribution in [3.63, 3.8) is 0 Å². The van der Waals surface area contributed by atoms with E-state index in [2.05, 4.69) is 47.7 Å². The first-order chi connectivity index (χ1) is 8.45. The van der Waals surface area contributed by atoms with Crippen LogP contribution >= 0.6 is 0 Å². The molecule has 0 aliphatic heterocycles. The number of ether oxygens (including phenoxy) is 1. The standard InChI is InChI=1S/C15H20O2Si/c1-17-15(16)13-11-9-7-5-6-8-10-12-14-18(2,3)4/h7,9,11,13H,5-6H2,1-4H3. The van der Waals surface area contributed by atoms with E-state index in [9.17, 15) is 4.79 Å². The first-order valence-electron chi connectivity index (χ1n) is 5.87.